The monoisotopic (exact) mass is 568 g/mol. The number of aromatic nitrogens is 2. The average Bonchev–Trinajstić information content (AvgIpc) is 3.51. The summed E-state index contributed by atoms with van der Waals surface area (Å²) in [6, 6.07) is 23.2. The third-order valence-electron chi connectivity index (χ3n) is 7.90. The first kappa shape index (κ1) is 31.1. The van der Waals surface area contributed by atoms with E-state index in [-0.39, 0.29) is 24.2 Å². The number of ketones is 1. The molecule has 2 unspecified atom stereocenters. The number of Topliss-reactive ketones (excluding diaryl/α,β-unsaturated/α-hetero) is 1. The lowest BCUT2D eigenvalue weighted by atomic mass is 9.88. The van der Waals surface area contributed by atoms with Crippen LogP contribution in [0.25, 0.3) is 10.8 Å². The van der Waals surface area contributed by atoms with Crippen molar-refractivity contribution in [1.82, 2.24) is 15.3 Å². The van der Waals surface area contributed by atoms with Gasteiger partial charge < -0.3 is 21.1 Å². The van der Waals surface area contributed by atoms with Crippen LogP contribution in [-0.2, 0) is 28.9 Å². The molecule has 0 radical (unpaired) electrons. The molecule has 0 bridgehead atoms. The van der Waals surface area contributed by atoms with Crippen molar-refractivity contribution >= 4 is 22.5 Å². The van der Waals surface area contributed by atoms with Crippen molar-refractivity contribution in [2.45, 2.75) is 77.0 Å². The van der Waals surface area contributed by atoms with Crippen LogP contribution < -0.4 is 11.1 Å². The second-order valence-electron chi connectivity index (χ2n) is 11.8. The van der Waals surface area contributed by atoms with E-state index in [0.717, 1.165) is 41.3 Å². The number of nitrogens with two attached hydrogens (primary N) is 1. The molecule has 1 heterocycles. The molecule has 4 aromatic rings. The molecule has 4 rings (SSSR count). The summed E-state index contributed by atoms with van der Waals surface area (Å²) >= 11 is 0. The Bertz CT molecular complexity index is 1400. The van der Waals surface area contributed by atoms with Crippen LogP contribution in [0.2, 0.25) is 0 Å². The Morgan fingerprint density at radius 1 is 0.952 bits per heavy atom. The van der Waals surface area contributed by atoms with Crippen LogP contribution >= 0.6 is 0 Å². The highest BCUT2D eigenvalue weighted by Crippen LogP contribution is 2.25. The SMILES string of the molecule is CC(C)C[C@H](NC(=O)C(CCCCc1ccccc1)Cc1cccc2ccccc12)C(=O)C(O)[C@@H](N)Cc1cnc[nH]1. The number of rotatable bonds is 16. The Hall–Kier alpha value is -3.81. The van der Waals surface area contributed by atoms with Crippen LogP contribution in [-0.4, -0.2) is 45.0 Å². The molecule has 7 heteroatoms. The maximum Gasteiger partial charge on any atom is 0.224 e. The first-order valence-electron chi connectivity index (χ1n) is 15.1. The summed E-state index contributed by atoms with van der Waals surface area (Å²) in [5.74, 6) is -0.782. The van der Waals surface area contributed by atoms with Gasteiger partial charge in [0.2, 0.25) is 5.91 Å². The van der Waals surface area contributed by atoms with Gasteiger partial charge in [0.1, 0.15) is 6.10 Å². The fraction of sp³-hybridized carbons (Fsp3) is 0.400. The minimum absolute atomic E-state index is 0.137. The van der Waals surface area contributed by atoms with Crippen molar-refractivity contribution in [1.29, 1.82) is 0 Å². The second-order valence-corrected chi connectivity index (χ2v) is 11.8. The van der Waals surface area contributed by atoms with Gasteiger partial charge in [-0.1, -0.05) is 93.1 Å². The third kappa shape index (κ3) is 8.84. The number of aryl methyl sites for hydroxylation is 1. The van der Waals surface area contributed by atoms with Crippen LogP contribution in [0.4, 0.5) is 0 Å². The number of nitrogens with zero attached hydrogens (tertiary/aromatic N) is 1. The zero-order chi connectivity index (χ0) is 29.9. The summed E-state index contributed by atoms with van der Waals surface area (Å²) in [5, 5.41) is 16.2. The van der Waals surface area contributed by atoms with E-state index in [1.165, 1.54) is 11.9 Å². The molecule has 0 aliphatic rings. The van der Waals surface area contributed by atoms with Crippen LogP contribution in [0.5, 0.6) is 0 Å². The Kier molecular flexibility index (Phi) is 11.4. The van der Waals surface area contributed by atoms with E-state index in [9.17, 15) is 14.7 Å². The van der Waals surface area contributed by atoms with Gasteiger partial charge in [0.15, 0.2) is 5.78 Å². The molecule has 1 aromatic heterocycles. The summed E-state index contributed by atoms with van der Waals surface area (Å²) < 4.78 is 0. The Morgan fingerprint density at radius 3 is 2.43 bits per heavy atom. The topological polar surface area (TPSA) is 121 Å². The van der Waals surface area contributed by atoms with E-state index in [1.54, 1.807) is 6.20 Å². The van der Waals surface area contributed by atoms with Gasteiger partial charge in [-0.15, -0.1) is 0 Å². The van der Waals surface area contributed by atoms with Gasteiger partial charge in [-0.2, -0.15) is 0 Å². The second kappa shape index (κ2) is 15.4. The van der Waals surface area contributed by atoms with Gasteiger partial charge in [0, 0.05) is 30.3 Å². The largest absolute Gasteiger partial charge is 0.384 e. The van der Waals surface area contributed by atoms with Crippen molar-refractivity contribution in [3.8, 4) is 0 Å². The molecule has 222 valence electrons. The number of amides is 1. The summed E-state index contributed by atoms with van der Waals surface area (Å²) in [6.07, 6.45) is 6.55. The lowest BCUT2D eigenvalue weighted by molar-refractivity contribution is -0.135. The number of aliphatic hydroxyl groups excluding tert-OH is 1. The highest BCUT2D eigenvalue weighted by atomic mass is 16.3. The van der Waals surface area contributed by atoms with Crippen LogP contribution in [0.1, 0.15) is 56.4 Å². The maximum absolute atomic E-state index is 13.9. The lowest BCUT2D eigenvalue weighted by Gasteiger charge is -2.27. The highest BCUT2D eigenvalue weighted by Gasteiger charge is 2.33. The molecular formula is C35H44N4O3. The fourth-order valence-corrected chi connectivity index (χ4v) is 5.61. The molecule has 0 saturated heterocycles. The van der Waals surface area contributed by atoms with Crippen molar-refractivity contribution in [2.75, 3.05) is 0 Å². The van der Waals surface area contributed by atoms with E-state index in [0.29, 0.717) is 19.3 Å². The molecule has 0 spiro atoms. The predicted octanol–water partition coefficient (Wildman–Crippen LogP) is 5.17. The number of carbonyl (C=O) groups excluding carboxylic acids is 2. The molecule has 7 nitrogen and oxygen atoms in total. The normalized spacial score (nSPS) is 14.4. The molecule has 0 aliphatic heterocycles. The van der Waals surface area contributed by atoms with Crippen molar-refractivity contribution in [2.24, 2.45) is 17.6 Å². The van der Waals surface area contributed by atoms with Crippen molar-refractivity contribution in [3.05, 3.63) is 102 Å². The van der Waals surface area contributed by atoms with E-state index in [4.69, 9.17) is 5.73 Å². The number of unbranched alkanes of at least 4 members (excludes halogenated alkanes) is 1. The molecule has 0 fully saturated rings. The Balaban J connectivity index is 1.49. The Morgan fingerprint density at radius 2 is 1.69 bits per heavy atom. The molecule has 0 aliphatic carbocycles. The van der Waals surface area contributed by atoms with Gasteiger partial charge in [0.05, 0.1) is 12.4 Å². The van der Waals surface area contributed by atoms with E-state index >= 15 is 0 Å². The van der Waals surface area contributed by atoms with E-state index in [2.05, 4.69) is 51.7 Å². The molecular weight excluding hydrogens is 524 g/mol. The zero-order valence-electron chi connectivity index (χ0n) is 24.7. The number of aliphatic hydroxyl groups is 1. The van der Waals surface area contributed by atoms with Gasteiger partial charge >= 0.3 is 0 Å². The number of nitrogens with one attached hydrogen (secondary N) is 2. The first-order valence-corrected chi connectivity index (χ1v) is 15.1. The predicted molar refractivity (Wildman–Crippen MR) is 168 cm³/mol. The van der Waals surface area contributed by atoms with Gasteiger partial charge in [-0.05, 0) is 59.9 Å². The molecule has 1 amide bonds. The number of benzene rings is 3. The van der Waals surface area contributed by atoms with Crippen molar-refractivity contribution < 1.29 is 14.7 Å². The van der Waals surface area contributed by atoms with E-state index in [1.807, 2.05) is 50.2 Å². The maximum atomic E-state index is 13.9. The van der Waals surface area contributed by atoms with Crippen LogP contribution in [0.3, 0.4) is 0 Å². The number of carbonyl (C=O) groups is 2. The van der Waals surface area contributed by atoms with Crippen molar-refractivity contribution in [3.63, 3.8) is 0 Å². The third-order valence-corrected chi connectivity index (χ3v) is 7.90. The van der Waals surface area contributed by atoms with E-state index < -0.39 is 24.0 Å². The molecule has 5 N–H and O–H groups in total. The molecule has 42 heavy (non-hydrogen) atoms. The number of H-pyrrole nitrogens is 1. The Labute approximate surface area is 249 Å². The average molecular weight is 569 g/mol. The fourth-order valence-electron chi connectivity index (χ4n) is 5.61. The van der Waals surface area contributed by atoms with Gasteiger partial charge in [-0.3, -0.25) is 9.59 Å². The number of aromatic amines is 1. The minimum atomic E-state index is -1.40. The first-order chi connectivity index (χ1) is 20.3. The van der Waals surface area contributed by atoms with Crippen LogP contribution in [0.15, 0.2) is 85.3 Å². The summed E-state index contributed by atoms with van der Waals surface area (Å²) in [5.41, 5.74) is 9.36. The quantitative estimate of drug-likeness (QED) is 0.139. The number of fused-ring (bicyclic) bond motifs is 1. The number of imidazole rings is 1. The summed E-state index contributed by atoms with van der Waals surface area (Å²) in [6.45, 7) is 4.00. The highest BCUT2D eigenvalue weighted by molar-refractivity contribution is 5.93. The zero-order valence-corrected chi connectivity index (χ0v) is 24.7. The molecule has 3 aromatic carbocycles. The van der Waals surface area contributed by atoms with Gasteiger partial charge in [-0.25, -0.2) is 4.98 Å². The standard InChI is InChI=1S/C35H44N4O3/c1-24(2)19-32(34(41)33(40)31(36)21-29-22-37-23-38-29)39-35(42)28(15-7-6-13-25-11-4-3-5-12-25)20-27-17-10-16-26-14-8-9-18-30(26)27/h3-5,8-12,14,16-18,22-24,28,31-33,40H,6-7,13,15,19-21,36H2,1-2H3,(H,37,38)(H,39,42)/t28?,31-,32-,33?/m0/s1. The van der Waals surface area contributed by atoms with Crippen LogP contribution in [0, 0.1) is 11.8 Å². The van der Waals surface area contributed by atoms with Gasteiger partial charge in [0.25, 0.3) is 0 Å². The summed E-state index contributed by atoms with van der Waals surface area (Å²) in [7, 11) is 0. The lowest BCUT2D eigenvalue weighted by Crippen LogP contribution is -2.53. The summed E-state index contributed by atoms with van der Waals surface area (Å²) in [4.78, 5) is 34.3. The molecule has 4 atom stereocenters. The minimum Gasteiger partial charge on any atom is -0.384 e. The smallest absolute Gasteiger partial charge is 0.224 e. The number of hydrogen-bond acceptors (Lipinski definition) is 5. The number of hydrogen-bond donors (Lipinski definition) is 4. The molecule has 0 saturated carbocycles.